The van der Waals surface area contributed by atoms with Crippen LogP contribution in [0.4, 0.5) is 0 Å². The van der Waals surface area contributed by atoms with Gasteiger partial charge in [0.05, 0.1) is 17.3 Å². The number of likely N-dealkylation sites (tertiary alicyclic amines) is 1. The first-order valence-corrected chi connectivity index (χ1v) is 11.4. The number of carbonyl (C=O) groups is 4. The molecule has 4 amide bonds. The van der Waals surface area contributed by atoms with Crippen molar-refractivity contribution in [1.82, 2.24) is 15.8 Å². The summed E-state index contributed by atoms with van der Waals surface area (Å²) in [6, 6.07) is 0. The van der Waals surface area contributed by atoms with E-state index in [0.717, 1.165) is 44.9 Å². The highest BCUT2D eigenvalue weighted by molar-refractivity contribution is 6.05. The monoisotopic (exact) mass is 401 g/mol. The molecule has 2 unspecified atom stereocenters. The van der Waals surface area contributed by atoms with Crippen LogP contribution in [0.2, 0.25) is 0 Å². The van der Waals surface area contributed by atoms with Gasteiger partial charge >= 0.3 is 0 Å². The zero-order valence-electron chi connectivity index (χ0n) is 17.0. The molecule has 0 aromatic heterocycles. The number of imide groups is 1. The Morgan fingerprint density at radius 2 is 1.38 bits per heavy atom. The van der Waals surface area contributed by atoms with Crippen molar-refractivity contribution in [3.8, 4) is 0 Å². The molecule has 0 aromatic rings. The van der Waals surface area contributed by atoms with Gasteiger partial charge in [-0.15, -0.1) is 0 Å². The van der Waals surface area contributed by atoms with Crippen LogP contribution in [0.3, 0.4) is 0 Å². The van der Waals surface area contributed by atoms with Gasteiger partial charge in [0.25, 0.3) is 0 Å². The molecular weight excluding hydrogens is 370 g/mol. The number of nitrogens with zero attached hydrogens (tertiary/aromatic N) is 1. The quantitative estimate of drug-likeness (QED) is 0.556. The molecule has 0 spiro atoms. The van der Waals surface area contributed by atoms with Crippen LogP contribution in [0.15, 0.2) is 0 Å². The van der Waals surface area contributed by atoms with Crippen molar-refractivity contribution in [2.24, 2.45) is 35.0 Å². The van der Waals surface area contributed by atoms with Crippen LogP contribution < -0.4 is 10.9 Å². The predicted molar refractivity (Wildman–Crippen MR) is 104 cm³/mol. The van der Waals surface area contributed by atoms with E-state index in [1.54, 1.807) is 0 Å². The molecule has 5 saturated carbocycles. The third-order valence-corrected chi connectivity index (χ3v) is 8.33. The predicted octanol–water partition coefficient (Wildman–Crippen LogP) is 1.92. The summed E-state index contributed by atoms with van der Waals surface area (Å²) in [6.45, 7) is 0.101. The van der Waals surface area contributed by atoms with E-state index in [-0.39, 0.29) is 53.8 Å². The Balaban J connectivity index is 1.12. The molecule has 2 atom stereocenters. The summed E-state index contributed by atoms with van der Waals surface area (Å²) < 4.78 is 0. The van der Waals surface area contributed by atoms with E-state index >= 15 is 0 Å². The van der Waals surface area contributed by atoms with Crippen molar-refractivity contribution in [2.45, 2.75) is 70.6 Å². The molecular formula is C22H31N3O4. The molecule has 5 aliphatic carbocycles. The Labute approximate surface area is 171 Å². The molecule has 0 radical (unpaired) electrons. The second-order valence-electron chi connectivity index (χ2n) is 10.3. The molecule has 1 heterocycles. The van der Waals surface area contributed by atoms with Gasteiger partial charge < -0.3 is 0 Å². The number of amides is 4. The smallest absolute Gasteiger partial charge is 0.244 e. The molecule has 6 fully saturated rings. The molecule has 1 saturated heterocycles. The molecule has 6 aliphatic rings. The minimum atomic E-state index is -0.349. The fourth-order valence-electron chi connectivity index (χ4n) is 7.38. The summed E-state index contributed by atoms with van der Waals surface area (Å²) in [6.07, 6.45) is 10.2. The molecule has 29 heavy (non-hydrogen) atoms. The maximum absolute atomic E-state index is 12.9. The lowest BCUT2D eigenvalue weighted by Crippen LogP contribution is -2.56. The Morgan fingerprint density at radius 1 is 0.862 bits per heavy atom. The first-order valence-electron chi connectivity index (χ1n) is 11.4. The lowest BCUT2D eigenvalue weighted by molar-refractivity contribution is -0.149. The van der Waals surface area contributed by atoms with Crippen LogP contribution in [0, 0.1) is 35.0 Å². The summed E-state index contributed by atoms with van der Waals surface area (Å²) >= 11 is 0. The van der Waals surface area contributed by atoms with Gasteiger partial charge in [-0.3, -0.25) is 34.9 Å². The molecule has 1 aliphatic heterocycles. The van der Waals surface area contributed by atoms with Gasteiger partial charge in [-0.1, -0.05) is 12.8 Å². The van der Waals surface area contributed by atoms with Crippen LogP contribution >= 0.6 is 0 Å². The largest absolute Gasteiger partial charge is 0.282 e. The van der Waals surface area contributed by atoms with Crippen molar-refractivity contribution in [1.29, 1.82) is 0 Å². The van der Waals surface area contributed by atoms with Crippen LogP contribution in [-0.2, 0) is 19.2 Å². The minimum absolute atomic E-state index is 0.0259. The molecule has 7 heteroatoms. The first kappa shape index (κ1) is 19.1. The summed E-state index contributed by atoms with van der Waals surface area (Å²) in [4.78, 5) is 51.4. The Bertz CT molecular complexity index is 689. The van der Waals surface area contributed by atoms with E-state index < -0.39 is 0 Å². The van der Waals surface area contributed by atoms with Crippen LogP contribution in [0.5, 0.6) is 0 Å². The first-order chi connectivity index (χ1) is 13.9. The maximum Gasteiger partial charge on any atom is 0.244 e. The summed E-state index contributed by atoms with van der Waals surface area (Å²) in [5, 5.41) is 0. The average Bonchev–Trinajstić information content (AvgIpc) is 2.94. The topological polar surface area (TPSA) is 95.6 Å². The summed E-state index contributed by atoms with van der Waals surface area (Å²) in [5.74, 6) is 0.985. The number of rotatable bonds is 4. The Morgan fingerprint density at radius 3 is 1.90 bits per heavy atom. The van der Waals surface area contributed by atoms with Gasteiger partial charge in [0.1, 0.15) is 0 Å². The number of fused-ring (bicyclic) bond motifs is 1. The third kappa shape index (κ3) is 3.26. The van der Waals surface area contributed by atoms with Crippen molar-refractivity contribution < 1.29 is 19.2 Å². The summed E-state index contributed by atoms with van der Waals surface area (Å²) in [7, 11) is 0. The van der Waals surface area contributed by atoms with Gasteiger partial charge in [0, 0.05) is 13.0 Å². The standard InChI is InChI=1S/C22H31N3O4/c26-18(5-6-25-19(27)16-3-1-2-4-17(16)20(25)28)23-24-21(29)22-10-13-7-14(11-22)9-15(8-13)12-22/h13-17H,1-12H2,(H,23,26)(H,24,29). The second kappa shape index (κ2) is 7.10. The van der Waals surface area contributed by atoms with E-state index in [4.69, 9.17) is 0 Å². The van der Waals surface area contributed by atoms with Gasteiger partial charge in [-0.25, -0.2) is 0 Å². The van der Waals surface area contributed by atoms with Crippen molar-refractivity contribution in [3.05, 3.63) is 0 Å². The second-order valence-corrected chi connectivity index (χ2v) is 10.3. The van der Waals surface area contributed by atoms with Gasteiger partial charge in [-0.2, -0.15) is 0 Å². The molecule has 2 N–H and O–H groups in total. The van der Waals surface area contributed by atoms with E-state index in [2.05, 4.69) is 10.9 Å². The molecule has 0 aromatic carbocycles. The van der Waals surface area contributed by atoms with Gasteiger partial charge in [0.15, 0.2) is 0 Å². The number of carbonyl (C=O) groups excluding carboxylic acids is 4. The van der Waals surface area contributed by atoms with Crippen molar-refractivity contribution >= 4 is 23.6 Å². The van der Waals surface area contributed by atoms with E-state index in [1.807, 2.05) is 0 Å². The van der Waals surface area contributed by atoms with Crippen molar-refractivity contribution in [3.63, 3.8) is 0 Å². The SMILES string of the molecule is O=C(CCN1C(=O)C2CCCCC2C1=O)NNC(=O)C12CC3CC(CC(C3)C1)C2. The fourth-order valence-corrected chi connectivity index (χ4v) is 7.38. The zero-order valence-corrected chi connectivity index (χ0v) is 17.0. The number of hydrogen-bond donors (Lipinski definition) is 2. The Kier molecular flexibility index (Phi) is 4.67. The highest BCUT2D eigenvalue weighted by Gasteiger charge is 2.54. The molecule has 7 nitrogen and oxygen atoms in total. The normalized spacial score (nSPS) is 40.1. The molecule has 158 valence electrons. The summed E-state index contributed by atoms with van der Waals surface area (Å²) in [5.41, 5.74) is 4.89. The lowest BCUT2D eigenvalue weighted by atomic mass is 9.49. The number of hydrazine groups is 1. The Hall–Kier alpha value is -1.92. The van der Waals surface area contributed by atoms with E-state index in [1.165, 1.54) is 24.2 Å². The molecule has 6 rings (SSSR count). The lowest BCUT2D eigenvalue weighted by Gasteiger charge is -2.55. The van der Waals surface area contributed by atoms with E-state index in [0.29, 0.717) is 17.8 Å². The third-order valence-electron chi connectivity index (χ3n) is 8.33. The average molecular weight is 402 g/mol. The van der Waals surface area contributed by atoms with Crippen LogP contribution in [-0.4, -0.2) is 35.1 Å². The number of hydrogen-bond acceptors (Lipinski definition) is 4. The van der Waals surface area contributed by atoms with Gasteiger partial charge in [-0.05, 0) is 69.1 Å². The van der Waals surface area contributed by atoms with Crippen LogP contribution in [0.25, 0.3) is 0 Å². The highest BCUT2D eigenvalue weighted by atomic mass is 16.2. The fraction of sp³-hybridized carbons (Fsp3) is 0.818. The number of nitrogens with one attached hydrogen (secondary N) is 2. The minimum Gasteiger partial charge on any atom is -0.282 e. The molecule has 4 bridgehead atoms. The van der Waals surface area contributed by atoms with Crippen molar-refractivity contribution in [2.75, 3.05) is 6.54 Å². The van der Waals surface area contributed by atoms with Gasteiger partial charge in [0.2, 0.25) is 23.6 Å². The maximum atomic E-state index is 12.9. The van der Waals surface area contributed by atoms with Crippen LogP contribution in [0.1, 0.15) is 70.6 Å². The zero-order chi connectivity index (χ0) is 20.2. The highest BCUT2D eigenvalue weighted by Crippen LogP contribution is 2.60. The van der Waals surface area contributed by atoms with E-state index in [9.17, 15) is 19.2 Å².